The van der Waals surface area contributed by atoms with Gasteiger partial charge in [0.15, 0.2) is 0 Å². The lowest BCUT2D eigenvalue weighted by molar-refractivity contribution is 0.469. The normalized spacial score (nSPS) is 13.9. The maximum absolute atomic E-state index is 7.48. The summed E-state index contributed by atoms with van der Waals surface area (Å²) in [6.45, 7) is 8.38. The van der Waals surface area contributed by atoms with Gasteiger partial charge < -0.3 is 0 Å². The van der Waals surface area contributed by atoms with Crippen LogP contribution >= 0.6 is 0 Å². The predicted octanol–water partition coefficient (Wildman–Crippen LogP) is 2.69. The minimum atomic E-state index is 0.120. The summed E-state index contributed by atoms with van der Waals surface area (Å²) in [5.74, 6) is 1.02. The standard InChI is InChI=1S/C7H16/c1-6(2)5-7(3)4/h6-7H,5H2,1-4H3/i5T. The fraction of sp³-hybridized carbons (Fsp3) is 1.00. The molecule has 0 aromatic rings. The smallest absolute Gasteiger partial charge is 0.0272 e. The molecule has 0 aliphatic carbocycles. The first kappa shape index (κ1) is 5.14. The first-order valence-corrected chi connectivity index (χ1v) is 2.98. The maximum Gasteiger partial charge on any atom is 0.0272 e. The first-order valence-electron chi connectivity index (χ1n) is 3.55. The van der Waals surface area contributed by atoms with Crippen LogP contribution in [0.25, 0.3) is 0 Å². The highest BCUT2D eigenvalue weighted by Gasteiger charge is 1.95. The van der Waals surface area contributed by atoms with Crippen LogP contribution in [0.15, 0.2) is 0 Å². The van der Waals surface area contributed by atoms with Crippen LogP contribution in [0.5, 0.6) is 0 Å². The highest BCUT2D eigenvalue weighted by Crippen LogP contribution is 2.08. The molecule has 0 aromatic carbocycles. The van der Waals surface area contributed by atoms with E-state index < -0.39 is 0 Å². The van der Waals surface area contributed by atoms with E-state index in [1.54, 1.807) is 0 Å². The lowest BCUT2D eigenvalue weighted by atomic mass is 10.0. The van der Waals surface area contributed by atoms with Crippen LogP contribution < -0.4 is 0 Å². The van der Waals surface area contributed by atoms with Crippen LogP contribution in [0, 0.1) is 11.8 Å². The molecule has 0 nitrogen and oxygen atoms in total. The molecular formula is C7H16. The molecule has 0 bridgehead atoms. The molecule has 0 unspecified atom stereocenters. The van der Waals surface area contributed by atoms with Gasteiger partial charge in [-0.15, -0.1) is 0 Å². The van der Waals surface area contributed by atoms with Crippen molar-refractivity contribution in [3.8, 4) is 0 Å². The molecule has 0 aliphatic heterocycles. The number of rotatable bonds is 2. The van der Waals surface area contributed by atoms with Gasteiger partial charge in [0.25, 0.3) is 0 Å². The van der Waals surface area contributed by atoms with Crippen LogP contribution in [0.2, 0.25) is 0 Å². The summed E-state index contributed by atoms with van der Waals surface area (Å²) in [7, 11) is 0. The highest BCUT2D eigenvalue weighted by atomic mass is 14.0. The van der Waals surface area contributed by atoms with E-state index >= 15 is 0 Å². The van der Waals surface area contributed by atoms with Crippen LogP contribution in [0.1, 0.15) is 35.5 Å². The molecular weight excluding hydrogens is 84.1 g/mol. The Balaban J connectivity index is 3.46. The van der Waals surface area contributed by atoms with E-state index in [0.717, 1.165) is 0 Å². The van der Waals surface area contributed by atoms with Gasteiger partial charge in [-0.3, -0.25) is 0 Å². The minimum Gasteiger partial charge on any atom is -0.0628 e. The van der Waals surface area contributed by atoms with Gasteiger partial charge in [0.2, 0.25) is 0 Å². The summed E-state index contributed by atoms with van der Waals surface area (Å²) in [5.41, 5.74) is 0. The van der Waals surface area contributed by atoms with E-state index in [1.807, 2.05) is 0 Å². The topological polar surface area (TPSA) is 0 Å². The molecule has 0 N–H and O–H groups in total. The van der Waals surface area contributed by atoms with Gasteiger partial charge in [-0.25, -0.2) is 0 Å². The average molecular weight is 102 g/mol. The highest BCUT2D eigenvalue weighted by molar-refractivity contribution is 4.47. The molecule has 0 aromatic heterocycles. The van der Waals surface area contributed by atoms with Crippen molar-refractivity contribution in [2.24, 2.45) is 11.8 Å². The van der Waals surface area contributed by atoms with Crippen molar-refractivity contribution in [3.05, 3.63) is 0 Å². The zero-order valence-corrected chi connectivity index (χ0v) is 5.73. The van der Waals surface area contributed by atoms with Crippen LogP contribution in [-0.4, -0.2) is 0 Å². The largest absolute Gasteiger partial charge is 0.0628 e. The summed E-state index contributed by atoms with van der Waals surface area (Å²) in [4.78, 5) is 0. The van der Waals surface area contributed by atoms with Gasteiger partial charge in [-0.2, -0.15) is 0 Å². The molecule has 0 saturated carbocycles. The van der Waals surface area contributed by atoms with Gasteiger partial charge >= 0.3 is 0 Å². The van der Waals surface area contributed by atoms with Crippen molar-refractivity contribution in [1.82, 2.24) is 0 Å². The molecule has 0 atom stereocenters. The van der Waals surface area contributed by atoms with Crippen LogP contribution in [0.3, 0.4) is 0 Å². The third-order valence-electron chi connectivity index (χ3n) is 0.770. The van der Waals surface area contributed by atoms with Crippen molar-refractivity contribution in [3.63, 3.8) is 0 Å². The second-order valence-electron chi connectivity index (χ2n) is 2.68. The SMILES string of the molecule is [3H]C(C(C)C)C(C)C. The fourth-order valence-electron chi connectivity index (χ4n) is 0.770. The van der Waals surface area contributed by atoms with E-state index in [2.05, 4.69) is 27.7 Å². The van der Waals surface area contributed by atoms with E-state index in [9.17, 15) is 0 Å². The lowest BCUT2D eigenvalue weighted by Gasteiger charge is -2.05. The summed E-state index contributed by atoms with van der Waals surface area (Å²) in [6.07, 6.45) is 0.120. The molecule has 0 aliphatic rings. The van der Waals surface area contributed by atoms with Crippen molar-refractivity contribution in [2.75, 3.05) is 0 Å². The van der Waals surface area contributed by atoms with Crippen LogP contribution in [-0.2, 0) is 0 Å². The number of hydrogen-bond donors (Lipinski definition) is 0. The van der Waals surface area contributed by atoms with Gasteiger partial charge in [-0.1, -0.05) is 27.7 Å². The Morgan fingerprint density at radius 2 is 1.43 bits per heavy atom. The van der Waals surface area contributed by atoms with E-state index in [0.29, 0.717) is 11.8 Å². The second-order valence-corrected chi connectivity index (χ2v) is 2.68. The molecule has 0 radical (unpaired) electrons. The molecule has 44 valence electrons. The lowest BCUT2D eigenvalue weighted by Crippen LogP contribution is -1.93. The Morgan fingerprint density at radius 1 is 1.14 bits per heavy atom. The predicted molar refractivity (Wildman–Crippen MR) is 34.3 cm³/mol. The Kier molecular flexibility index (Phi) is 2.25. The second kappa shape index (κ2) is 3.06. The van der Waals surface area contributed by atoms with Crippen molar-refractivity contribution in [2.45, 2.75) is 34.1 Å². The van der Waals surface area contributed by atoms with Gasteiger partial charge in [-0.05, 0) is 18.2 Å². The molecule has 0 heteroatoms. The van der Waals surface area contributed by atoms with Gasteiger partial charge in [0.1, 0.15) is 0 Å². The van der Waals surface area contributed by atoms with Gasteiger partial charge in [0.05, 0.1) is 0 Å². The molecule has 7 heavy (non-hydrogen) atoms. The Morgan fingerprint density at radius 3 is 1.43 bits per heavy atom. The van der Waals surface area contributed by atoms with E-state index in [-0.39, 0.29) is 6.40 Å². The van der Waals surface area contributed by atoms with E-state index in [4.69, 9.17) is 1.37 Å². The molecule has 0 rings (SSSR count). The fourth-order valence-corrected chi connectivity index (χ4v) is 0.770. The van der Waals surface area contributed by atoms with Crippen molar-refractivity contribution < 1.29 is 1.37 Å². The summed E-state index contributed by atoms with van der Waals surface area (Å²) >= 11 is 0. The summed E-state index contributed by atoms with van der Waals surface area (Å²) < 4.78 is 7.48. The Hall–Kier alpha value is 0. The van der Waals surface area contributed by atoms with Crippen molar-refractivity contribution in [1.29, 1.82) is 0 Å². The van der Waals surface area contributed by atoms with Crippen molar-refractivity contribution >= 4 is 0 Å². The maximum atomic E-state index is 7.48. The molecule has 0 saturated heterocycles. The van der Waals surface area contributed by atoms with E-state index in [1.165, 1.54) is 0 Å². The summed E-state index contributed by atoms with van der Waals surface area (Å²) in [6, 6.07) is 0. The third kappa shape index (κ3) is 6.00. The zero-order valence-electron chi connectivity index (χ0n) is 6.73. The average Bonchev–Trinajstić information content (AvgIpc) is 1.64. The van der Waals surface area contributed by atoms with Crippen LogP contribution in [0.4, 0.5) is 0 Å². The summed E-state index contributed by atoms with van der Waals surface area (Å²) in [5, 5.41) is 0. The van der Waals surface area contributed by atoms with Gasteiger partial charge in [0, 0.05) is 1.37 Å². The molecule has 0 amide bonds. The quantitative estimate of drug-likeness (QED) is 0.503. The third-order valence-corrected chi connectivity index (χ3v) is 0.770. The zero-order chi connectivity index (χ0) is 6.73. The molecule has 0 spiro atoms. The minimum absolute atomic E-state index is 0.120. The molecule has 0 fully saturated rings. The number of hydrogen-bond acceptors (Lipinski definition) is 0. The Labute approximate surface area is 48.3 Å². The Bertz CT molecular complexity index is 49.4. The first-order chi connectivity index (χ1) is 3.55. The molecule has 0 heterocycles. The monoisotopic (exact) mass is 102 g/mol.